The molecule has 0 aliphatic carbocycles. The van der Waals surface area contributed by atoms with Gasteiger partial charge in [0.2, 0.25) is 0 Å². The highest BCUT2D eigenvalue weighted by atomic mass is 16.6. The monoisotopic (exact) mass is 351 g/mol. The van der Waals surface area contributed by atoms with Crippen LogP contribution in [0, 0.1) is 5.92 Å². The third-order valence-electron chi connectivity index (χ3n) is 3.01. The lowest BCUT2D eigenvalue weighted by Crippen LogP contribution is -2.46. The number of nitrogens with two attached hydrogens (primary N) is 1. The molecule has 0 spiro atoms. The maximum atomic E-state index is 12.0. The molecule has 1 atom stereocenters. The van der Waals surface area contributed by atoms with E-state index >= 15 is 0 Å². The van der Waals surface area contributed by atoms with Gasteiger partial charge in [-0.25, -0.2) is 14.4 Å². The van der Waals surface area contributed by atoms with Crippen molar-refractivity contribution in [3.05, 3.63) is 35.9 Å². The van der Waals surface area contributed by atoms with Gasteiger partial charge in [-0.1, -0.05) is 44.2 Å². The van der Waals surface area contributed by atoms with Crippen LogP contribution in [0.5, 0.6) is 0 Å². The Hall–Kier alpha value is -3.10. The van der Waals surface area contributed by atoms with Crippen LogP contribution in [0.2, 0.25) is 0 Å². The van der Waals surface area contributed by atoms with Gasteiger partial charge in [0.25, 0.3) is 5.91 Å². The normalized spacial score (nSPS) is 11.3. The summed E-state index contributed by atoms with van der Waals surface area (Å²) in [7, 11) is 0. The van der Waals surface area contributed by atoms with E-state index < -0.39 is 36.6 Å². The molecule has 1 aromatic carbocycles. The highest BCUT2D eigenvalue weighted by Crippen LogP contribution is 2.06. The number of hydrogen-bond acceptors (Lipinski definition) is 6. The summed E-state index contributed by atoms with van der Waals surface area (Å²) in [6.45, 7) is 2.74. The van der Waals surface area contributed by atoms with E-state index in [9.17, 15) is 19.2 Å². The number of esters is 1. The minimum absolute atomic E-state index is 0.0492. The average Bonchev–Trinajstić information content (AvgIpc) is 2.55. The van der Waals surface area contributed by atoms with Crippen molar-refractivity contribution in [3.8, 4) is 0 Å². The summed E-state index contributed by atoms with van der Waals surface area (Å²) in [5.74, 6) is -2.00. The van der Waals surface area contributed by atoms with Crippen LogP contribution in [-0.2, 0) is 25.7 Å². The summed E-state index contributed by atoms with van der Waals surface area (Å²) in [4.78, 5) is 45.6. The van der Waals surface area contributed by atoms with Crippen LogP contribution in [0.4, 0.5) is 9.59 Å². The first kappa shape index (κ1) is 19.9. The van der Waals surface area contributed by atoms with Gasteiger partial charge < -0.3 is 20.5 Å². The Morgan fingerprint density at radius 2 is 1.72 bits per heavy atom. The Morgan fingerprint density at radius 1 is 1.08 bits per heavy atom. The van der Waals surface area contributed by atoms with Crippen LogP contribution in [0.3, 0.4) is 0 Å². The number of urea groups is 1. The summed E-state index contributed by atoms with van der Waals surface area (Å²) in [5, 5.41) is 4.15. The molecule has 25 heavy (non-hydrogen) atoms. The van der Waals surface area contributed by atoms with Crippen LogP contribution >= 0.6 is 0 Å². The number of carbonyl (C=O) groups excluding carboxylic acids is 4. The quantitative estimate of drug-likeness (QED) is 0.618. The standard InChI is InChI=1S/C16H21N3O6/c1-10(2)13(14(21)24-9-12(20)18-15(17)22)19-16(23)25-8-11-6-4-3-5-7-11/h3-7,10,13H,8-9H2,1-2H3,(H,19,23)(H3,17,18,20,22)/t13-/m0/s1. The van der Waals surface area contributed by atoms with E-state index in [2.05, 4.69) is 5.32 Å². The fraction of sp³-hybridized carbons (Fsp3) is 0.375. The molecule has 4 amide bonds. The number of amides is 4. The molecule has 0 bridgehead atoms. The Morgan fingerprint density at radius 3 is 2.28 bits per heavy atom. The van der Waals surface area contributed by atoms with Crippen molar-refractivity contribution in [3.63, 3.8) is 0 Å². The maximum absolute atomic E-state index is 12.0. The molecule has 0 unspecified atom stereocenters. The second-order valence-corrected chi connectivity index (χ2v) is 5.45. The van der Waals surface area contributed by atoms with Gasteiger partial charge in [0.05, 0.1) is 0 Å². The fourth-order valence-electron chi connectivity index (χ4n) is 1.79. The lowest BCUT2D eigenvalue weighted by Gasteiger charge is -2.20. The molecule has 0 aliphatic rings. The molecular weight excluding hydrogens is 330 g/mol. The molecule has 0 aromatic heterocycles. The predicted molar refractivity (Wildman–Crippen MR) is 87.1 cm³/mol. The van der Waals surface area contributed by atoms with Crippen LogP contribution in [0.25, 0.3) is 0 Å². The zero-order valence-corrected chi connectivity index (χ0v) is 14.0. The van der Waals surface area contributed by atoms with E-state index in [4.69, 9.17) is 15.2 Å². The molecule has 4 N–H and O–H groups in total. The lowest BCUT2D eigenvalue weighted by atomic mass is 10.1. The zero-order valence-electron chi connectivity index (χ0n) is 14.0. The number of ether oxygens (including phenoxy) is 2. The van der Waals surface area contributed by atoms with Crippen molar-refractivity contribution in [2.24, 2.45) is 11.7 Å². The summed E-state index contributed by atoms with van der Waals surface area (Å²) in [5.41, 5.74) is 5.57. The highest BCUT2D eigenvalue weighted by molar-refractivity contribution is 5.95. The van der Waals surface area contributed by atoms with Gasteiger partial charge in [0.1, 0.15) is 12.6 Å². The van der Waals surface area contributed by atoms with Gasteiger partial charge in [-0.05, 0) is 11.5 Å². The van der Waals surface area contributed by atoms with Crippen LogP contribution < -0.4 is 16.4 Å². The summed E-state index contributed by atoms with van der Waals surface area (Å²) in [6, 6.07) is 6.97. The van der Waals surface area contributed by atoms with E-state index in [0.29, 0.717) is 0 Å². The predicted octanol–water partition coefficient (Wildman–Crippen LogP) is 0.675. The molecule has 0 aliphatic heterocycles. The fourth-order valence-corrected chi connectivity index (χ4v) is 1.79. The molecule has 1 rings (SSSR count). The van der Waals surface area contributed by atoms with E-state index in [1.807, 2.05) is 18.2 Å². The SMILES string of the molecule is CC(C)[C@H](NC(=O)OCc1ccccc1)C(=O)OCC(=O)NC(N)=O. The Balaban J connectivity index is 2.49. The van der Waals surface area contributed by atoms with E-state index in [1.54, 1.807) is 31.3 Å². The second kappa shape index (κ2) is 9.91. The molecule has 136 valence electrons. The molecule has 1 aromatic rings. The van der Waals surface area contributed by atoms with Gasteiger partial charge in [0.15, 0.2) is 6.61 Å². The Bertz CT molecular complexity index is 618. The van der Waals surface area contributed by atoms with Gasteiger partial charge in [0, 0.05) is 0 Å². The zero-order chi connectivity index (χ0) is 18.8. The van der Waals surface area contributed by atoms with E-state index in [0.717, 1.165) is 5.56 Å². The molecule has 0 saturated heterocycles. The minimum Gasteiger partial charge on any atom is -0.454 e. The molecule has 0 fully saturated rings. The number of carbonyl (C=O) groups is 4. The summed E-state index contributed by atoms with van der Waals surface area (Å²) >= 11 is 0. The van der Waals surface area contributed by atoms with Gasteiger partial charge in [-0.3, -0.25) is 10.1 Å². The largest absolute Gasteiger partial charge is 0.454 e. The number of hydrogen-bond donors (Lipinski definition) is 3. The van der Waals surface area contributed by atoms with Crippen LogP contribution in [0.15, 0.2) is 30.3 Å². The number of primary amides is 1. The smallest absolute Gasteiger partial charge is 0.408 e. The minimum atomic E-state index is -1.05. The van der Waals surface area contributed by atoms with Crippen LogP contribution in [0.1, 0.15) is 19.4 Å². The first-order chi connectivity index (χ1) is 11.8. The van der Waals surface area contributed by atoms with Crippen molar-refractivity contribution >= 4 is 24.0 Å². The summed E-state index contributed by atoms with van der Waals surface area (Å²) < 4.78 is 9.80. The first-order valence-corrected chi connectivity index (χ1v) is 7.52. The number of benzene rings is 1. The van der Waals surface area contributed by atoms with E-state index in [1.165, 1.54) is 0 Å². The molecule has 9 nitrogen and oxygen atoms in total. The number of alkyl carbamates (subject to hydrolysis) is 1. The third kappa shape index (κ3) is 7.82. The highest BCUT2D eigenvalue weighted by Gasteiger charge is 2.27. The molecular formula is C16H21N3O6. The topological polar surface area (TPSA) is 137 Å². The van der Waals surface area contributed by atoms with E-state index in [-0.39, 0.29) is 12.5 Å². The summed E-state index contributed by atoms with van der Waals surface area (Å²) in [6.07, 6.45) is -0.791. The molecule has 0 radical (unpaired) electrons. The molecule has 0 saturated carbocycles. The van der Waals surface area contributed by atoms with Gasteiger partial charge in [-0.2, -0.15) is 0 Å². The molecule has 0 heterocycles. The van der Waals surface area contributed by atoms with Crippen molar-refractivity contribution in [1.82, 2.24) is 10.6 Å². The van der Waals surface area contributed by atoms with Gasteiger partial charge >= 0.3 is 18.1 Å². The third-order valence-corrected chi connectivity index (χ3v) is 3.01. The number of imide groups is 1. The number of nitrogens with one attached hydrogen (secondary N) is 2. The second-order valence-electron chi connectivity index (χ2n) is 5.45. The number of rotatable bonds is 7. The van der Waals surface area contributed by atoms with Crippen molar-refractivity contribution < 1.29 is 28.7 Å². The van der Waals surface area contributed by atoms with Gasteiger partial charge in [-0.15, -0.1) is 0 Å². The van der Waals surface area contributed by atoms with Crippen molar-refractivity contribution in [1.29, 1.82) is 0 Å². The molecule has 9 heteroatoms. The maximum Gasteiger partial charge on any atom is 0.408 e. The Kier molecular flexibility index (Phi) is 7.91. The lowest BCUT2D eigenvalue weighted by molar-refractivity contribution is -0.151. The van der Waals surface area contributed by atoms with Crippen molar-refractivity contribution in [2.45, 2.75) is 26.5 Å². The Labute approximate surface area is 144 Å². The van der Waals surface area contributed by atoms with Crippen LogP contribution in [-0.4, -0.2) is 36.6 Å². The average molecular weight is 351 g/mol. The first-order valence-electron chi connectivity index (χ1n) is 7.52. The van der Waals surface area contributed by atoms with Crippen molar-refractivity contribution in [2.75, 3.05) is 6.61 Å².